The third-order valence-corrected chi connectivity index (χ3v) is 6.33. The molecule has 0 saturated heterocycles. The van der Waals surface area contributed by atoms with Crippen molar-refractivity contribution in [3.8, 4) is 0 Å². The molecule has 1 aromatic rings. The van der Waals surface area contributed by atoms with E-state index < -0.39 is 10.0 Å². The largest absolute Gasteiger partial charge is 0.309 e. The Morgan fingerprint density at radius 2 is 2.21 bits per heavy atom. The maximum atomic E-state index is 12.2. The first-order chi connectivity index (χ1) is 9.03. The molecule has 1 heterocycles. The van der Waals surface area contributed by atoms with E-state index in [-0.39, 0.29) is 0 Å². The molecule has 1 aliphatic rings. The van der Waals surface area contributed by atoms with Crippen LogP contribution >= 0.6 is 23.1 Å². The molecule has 0 unspecified atom stereocenters. The quantitative estimate of drug-likeness (QED) is 0.719. The number of thioether (sulfide) groups is 1. The topological polar surface area (TPSA) is 58.2 Å². The molecule has 1 aromatic heterocycles. The minimum atomic E-state index is -3.35. The molecule has 0 aromatic carbocycles. The van der Waals surface area contributed by atoms with Crippen molar-refractivity contribution in [2.45, 2.75) is 37.2 Å². The van der Waals surface area contributed by atoms with Gasteiger partial charge in [-0.2, -0.15) is 11.8 Å². The minimum absolute atomic E-state index is 0.436. The second-order valence-corrected chi connectivity index (χ2v) is 8.74. The zero-order valence-electron chi connectivity index (χ0n) is 11.2. The van der Waals surface area contributed by atoms with Crippen molar-refractivity contribution < 1.29 is 8.42 Å². The van der Waals surface area contributed by atoms with Gasteiger partial charge in [0.25, 0.3) is 0 Å². The summed E-state index contributed by atoms with van der Waals surface area (Å²) in [4.78, 5) is 2.39. The molecule has 7 heteroatoms. The first kappa shape index (κ1) is 15.3. The SMILES string of the molecule is CSCCNS(=O)(=O)c1cc(CNC2CC2)sc1C. The lowest BCUT2D eigenvalue weighted by Crippen LogP contribution is -2.26. The highest BCUT2D eigenvalue weighted by Crippen LogP contribution is 2.27. The number of hydrogen-bond acceptors (Lipinski definition) is 5. The van der Waals surface area contributed by atoms with Gasteiger partial charge in [-0.3, -0.25) is 0 Å². The fraction of sp³-hybridized carbons (Fsp3) is 0.667. The number of thiophene rings is 1. The monoisotopic (exact) mass is 320 g/mol. The molecule has 19 heavy (non-hydrogen) atoms. The highest BCUT2D eigenvalue weighted by molar-refractivity contribution is 7.98. The van der Waals surface area contributed by atoms with Crippen LogP contribution in [0.15, 0.2) is 11.0 Å². The van der Waals surface area contributed by atoms with Gasteiger partial charge in [0.2, 0.25) is 10.0 Å². The van der Waals surface area contributed by atoms with Crippen molar-refractivity contribution in [2.24, 2.45) is 0 Å². The average Bonchev–Trinajstić information content (AvgIpc) is 3.09. The lowest BCUT2D eigenvalue weighted by Gasteiger charge is -2.04. The molecule has 0 aliphatic heterocycles. The van der Waals surface area contributed by atoms with Crippen molar-refractivity contribution >= 4 is 33.1 Å². The van der Waals surface area contributed by atoms with Crippen LogP contribution in [0, 0.1) is 6.92 Å². The second kappa shape index (κ2) is 6.58. The maximum Gasteiger partial charge on any atom is 0.241 e. The molecular formula is C12H20N2O2S3. The molecule has 1 fully saturated rings. The van der Waals surface area contributed by atoms with E-state index in [0.717, 1.165) is 22.1 Å². The van der Waals surface area contributed by atoms with Crippen LogP contribution in [0.3, 0.4) is 0 Å². The molecular weight excluding hydrogens is 300 g/mol. The third kappa shape index (κ3) is 4.46. The standard InChI is InChI=1S/C12H20N2O2S3/c1-9-12(19(15,16)14-5-6-17-2)7-11(18-9)8-13-10-3-4-10/h7,10,13-14H,3-6,8H2,1-2H3. The first-order valence-electron chi connectivity index (χ1n) is 6.34. The summed E-state index contributed by atoms with van der Waals surface area (Å²) in [6, 6.07) is 2.44. The second-order valence-electron chi connectivity index (χ2n) is 4.68. The van der Waals surface area contributed by atoms with E-state index in [2.05, 4.69) is 10.0 Å². The van der Waals surface area contributed by atoms with Gasteiger partial charge in [0.05, 0.1) is 4.90 Å². The first-order valence-corrected chi connectivity index (χ1v) is 10.0. The fourth-order valence-corrected chi connectivity index (χ4v) is 4.82. The summed E-state index contributed by atoms with van der Waals surface area (Å²) in [6.45, 7) is 3.12. The molecule has 0 spiro atoms. The van der Waals surface area contributed by atoms with Crippen LogP contribution < -0.4 is 10.0 Å². The average molecular weight is 321 g/mol. The molecule has 1 saturated carbocycles. The minimum Gasteiger partial charge on any atom is -0.309 e. The van der Waals surface area contributed by atoms with Gasteiger partial charge in [-0.15, -0.1) is 11.3 Å². The van der Waals surface area contributed by atoms with Crippen LogP contribution in [0.4, 0.5) is 0 Å². The number of hydrogen-bond donors (Lipinski definition) is 2. The Kier molecular flexibility index (Phi) is 5.30. The summed E-state index contributed by atoms with van der Waals surface area (Å²) in [6.07, 6.45) is 4.45. The smallest absolute Gasteiger partial charge is 0.241 e. The molecule has 2 rings (SSSR count). The summed E-state index contributed by atoms with van der Waals surface area (Å²) in [5.41, 5.74) is 0. The lowest BCUT2D eigenvalue weighted by atomic mass is 10.4. The molecule has 108 valence electrons. The predicted octanol–water partition coefficient (Wildman–Crippen LogP) is 1.95. The van der Waals surface area contributed by atoms with Crippen LogP contribution in [0.1, 0.15) is 22.6 Å². The van der Waals surface area contributed by atoms with Crippen molar-refractivity contribution in [1.29, 1.82) is 0 Å². The van der Waals surface area contributed by atoms with E-state index in [1.807, 2.05) is 13.2 Å². The van der Waals surface area contributed by atoms with Crippen LogP contribution in [-0.4, -0.2) is 33.0 Å². The van der Waals surface area contributed by atoms with Gasteiger partial charge in [0, 0.05) is 34.6 Å². The highest BCUT2D eigenvalue weighted by Gasteiger charge is 2.22. The van der Waals surface area contributed by atoms with Gasteiger partial charge in [-0.05, 0) is 32.1 Å². The summed E-state index contributed by atoms with van der Waals surface area (Å²) >= 11 is 3.19. The molecule has 0 radical (unpaired) electrons. The van der Waals surface area contributed by atoms with Crippen molar-refractivity contribution in [3.05, 3.63) is 15.8 Å². The Balaban J connectivity index is 2.01. The van der Waals surface area contributed by atoms with Gasteiger partial charge < -0.3 is 5.32 Å². The lowest BCUT2D eigenvalue weighted by molar-refractivity contribution is 0.584. The zero-order valence-corrected chi connectivity index (χ0v) is 13.7. The molecule has 2 N–H and O–H groups in total. The number of sulfonamides is 1. The van der Waals surface area contributed by atoms with Crippen molar-refractivity contribution in [3.63, 3.8) is 0 Å². The summed E-state index contributed by atoms with van der Waals surface area (Å²) in [5, 5.41) is 3.41. The molecule has 0 atom stereocenters. The fourth-order valence-electron chi connectivity index (χ4n) is 1.77. The Hall–Kier alpha value is -0.0800. The number of aryl methyl sites for hydroxylation is 1. The van der Waals surface area contributed by atoms with E-state index in [9.17, 15) is 8.42 Å². The van der Waals surface area contributed by atoms with Gasteiger partial charge in [0.15, 0.2) is 0 Å². The molecule has 4 nitrogen and oxygen atoms in total. The predicted molar refractivity (Wildman–Crippen MR) is 82.5 cm³/mol. The Morgan fingerprint density at radius 3 is 2.84 bits per heavy atom. The van der Waals surface area contributed by atoms with E-state index in [4.69, 9.17) is 0 Å². The van der Waals surface area contributed by atoms with E-state index in [1.165, 1.54) is 12.8 Å². The summed E-state index contributed by atoms with van der Waals surface area (Å²) < 4.78 is 27.0. The number of nitrogens with one attached hydrogen (secondary N) is 2. The van der Waals surface area contributed by atoms with Crippen molar-refractivity contribution in [2.75, 3.05) is 18.6 Å². The number of rotatable bonds is 8. The third-order valence-electron chi connectivity index (χ3n) is 2.95. The Morgan fingerprint density at radius 1 is 1.47 bits per heavy atom. The molecule has 0 bridgehead atoms. The van der Waals surface area contributed by atoms with E-state index in [1.54, 1.807) is 29.2 Å². The van der Waals surface area contributed by atoms with Crippen LogP contribution in [-0.2, 0) is 16.6 Å². The molecule has 1 aliphatic carbocycles. The van der Waals surface area contributed by atoms with Gasteiger partial charge in [0.1, 0.15) is 0 Å². The van der Waals surface area contributed by atoms with Crippen molar-refractivity contribution in [1.82, 2.24) is 10.0 Å². The summed E-state index contributed by atoms with van der Waals surface area (Å²) in [5.74, 6) is 0.790. The normalized spacial score (nSPS) is 15.9. The van der Waals surface area contributed by atoms with Crippen LogP contribution in [0.2, 0.25) is 0 Å². The Bertz CT molecular complexity index is 521. The van der Waals surface area contributed by atoms with Gasteiger partial charge in [-0.1, -0.05) is 0 Å². The van der Waals surface area contributed by atoms with E-state index >= 15 is 0 Å². The zero-order chi connectivity index (χ0) is 13.9. The summed E-state index contributed by atoms with van der Waals surface area (Å²) in [7, 11) is -3.35. The Labute approximate surface area is 123 Å². The maximum absolute atomic E-state index is 12.2. The highest BCUT2D eigenvalue weighted by atomic mass is 32.2. The van der Waals surface area contributed by atoms with Gasteiger partial charge >= 0.3 is 0 Å². The van der Waals surface area contributed by atoms with Crippen LogP contribution in [0.25, 0.3) is 0 Å². The van der Waals surface area contributed by atoms with Crippen LogP contribution in [0.5, 0.6) is 0 Å². The molecule has 0 amide bonds. The van der Waals surface area contributed by atoms with Gasteiger partial charge in [-0.25, -0.2) is 13.1 Å². The van der Waals surface area contributed by atoms with E-state index in [0.29, 0.717) is 17.5 Å².